The maximum atomic E-state index is 11.5. The minimum atomic E-state index is -0.933. The van der Waals surface area contributed by atoms with Crippen LogP contribution in [0.3, 0.4) is 0 Å². The first-order valence-corrected chi connectivity index (χ1v) is 5.81. The molecular weight excluding hydrogens is 279 g/mol. The maximum Gasteiger partial charge on any atom is 0.332 e. The van der Waals surface area contributed by atoms with Crippen molar-refractivity contribution in [2.45, 2.75) is 13.0 Å². The molecule has 7 heteroatoms. The predicted molar refractivity (Wildman–Crippen MR) is 65.3 cm³/mol. The Balaban J connectivity index is 2.37. The minimum absolute atomic E-state index is 0.329. The number of hydrogen-bond acceptors (Lipinski definition) is 3. The number of hydrogen-bond donors (Lipinski definition) is 1. The van der Waals surface area contributed by atoms with Crippen molar-refractivity contribution < 1.29 is 14.4 Å². The molecular formula is C11H8Cl2N2O3. The van der Waals surface area contributed by atoms with E-state index in [-0.39, 0.29) is 0 Å². The van der Waals surface area contributed by atoms with Gasteiger partial charge in [0.1, 0.15) is 0 Å². The Hall–Kier alpha value is -1.59. The van der Waals surface area contributed by atoms with E-state index >= 15 is 0 Å². The number of amides is 4. The zero-order chi connectivity index (χ0) is 13.4. The zero-order valence-electron chi connectivity index (χ0n) is 9.24. The van der Waals surface area contributed by atoms with Crippen molar-refractivity contribution in [3.63, 3.8) is 0 Å². The molecule has 0 radical (unpaired) electrons. The van der Waals surface area contributed by atoms with Gasteiger partial charge in [0.2, 0.25) is 0 Å². The molecule has 1 saturated heterocycles. The van der Waals surface area contributed by atoms with Crippen LogP contribution in [0.25, 0.3) is 0 Å². The molecule has 0 aromatic heterocycles. The summed E-state index contributed by atoms with van der Waals surface area (Å²) in [6.07, 6.45) is 0. The Bertz CT molecular complexity index is 559. The van der Waals surface area contributed by atoms with Crippen LogP contribution in [0.2, 0.25) is 10.0 Å². The summed E-state index contributed by atoms with van der Waals surface area (Å²) in [5.74, 6) is -1.82. The molecule has 0 bridgehead atoms. The summed E-state index contributed by atoms with van der Waals surface area (Å²) >= 11 is 11.8. The monoisotopic (exact) mass is 286 g/mol. The van der Waals surface area contributed by atoms with Gasteiger partial charge in [-0.05, 0) is 24.6 Å². The number of halogens is 2. The smallest absolute Gasteiger partial charge is 0.269 e. The number of carbonyl (C=O) groups is 3. The quantitative estimate of drug-likeness (QED) is 0.669. The second-order valence-electron chi connectivity index (χ2n) is 3.78. The van der Waals surface area contributed by atoms with Crippen LogP contribution in [-0.2, 0) is 9.59 Å². The molecule has 0 saturated carbocycles. The molecule has 1 N–H and O–H groups in total. The van der Waals surface area contributed by atoms with Gasteiger partial charge < -0.3 is 0 Å². The first-order chi connectivity index (χ1) is 8.41. The molecule has 1 heterocycles. The van der Waals surface area contributed by atoms with Crippen LogP contribution in [0, 0.1) is 0 Å². The van der Waals surface area contributed by atoms with Crippen LogP contribution in [0.5, 0.6) is 0 Å². The molecule has 1 aromatic rings. The highest BCUT2D eigenvalue weighted by atomic mass is 35.5. The lowest BCUT2D eigenvalue weighted by Gasteiger charge is -2.21. The average molecular weight is 287 g/mol. The second-order valence-corrected chi connectivity index (χ2v) is 4.62. The van der Waals surface area contributed by atoms with Gasteiger partial charge in [0, 0.05) is 10.0 Å². The highest BCUT2D eigenvalue weighted by molar-refractivity contribution is 6.45. The van der Waals surface area contributed by atoms with Crippen LogP contribution < -0.4 is 5.32 Å². The molecule has 94 valence electrons. The SMILES string of the molecule is CC(c1ccc(Cl)cc1Cl)N1C(=O)NC(=O)C1=O. The van der Waals surface area contributed by atoms with E-state index in [9.17, 15) is 14.4 Å². The van der Waals surface area contributed by atoms with Crippen LogP contribution >= 0.6 is 23.2 Å². The zero-order valence-corrected chi connectivity index (χ0v) is 10.7. The molecule has 1 aliphatic heterocycles. The van der Waals surface area contributed by atoms with Gasteiger partial charge in [-0.25, -0.2) is 9.69 Å². The van der Waals surface area contributed by atoms with Crippen LogP contribution in [0.4, 0.5) is 4.79 Å². The van der Waals surface area contributed by atoms with E-state index in [2.05, 4.69) is 0 Å². The molecule has 1 aliphatic rings. The van der Waals surface area contributed by atoms with Gasteiger partial charge in [-0.2, -0.15) is 0 Å². The predicted octanol–water partition coefficient (Wildman–Crippen LogP) is 2.13. The topological polar surface area (TPSA) is 66.5 Å². The minimum Gasteiger partial charge on any atom is -0.269 e. The Morgan fingerprint density at radius 3 is 2.39 bits per heavy atom. The average Bonchev–Trinajstić information content (AvgIpc) is 2.52. The van der Waals surface area contributed by atoms with E-state index in [1.807, 2.05) is 5.32 Å². The van der Waals surface area contributed by atoms with E-state index in [4.69, 9.17) is 23.2 Å². The molecule has 5 nitrogen and oxygen atoms in total. The standard InChI is InChI=1S/C11H8Cl2N2O3/c1-5(7-3-2-6(12)4-8(7)13)15-10(17)9(16)14-11(15)18/h2-5H,1H3,(H,14,16,18). The molecule has 4 amide bonds. The van der Waals surface area contributed by atoms with Gasteiger partial charge in [-0.15, -0.1) is 0 Å². The summed E-state index contributed by atoms with van der Waals surface area (Å²) in [5.41, 5.74) is 0.541. The Morgan fingerprint density at radius 2 is 1.89 bits per heavy atom. The van der Waals surface area contributed by atoms with Crippen LogP contribution in [0.15, 0.2) is 18.2 Å². The molecule has 0 aliphatic carbocycles. The van der Waals surface area contributed by atoms with Crippen molar-refractivity contribution in [1.82, 2.24) is 10.2 Å². The molecule has 18 heavy (non-hydrogen) atoms. The lowest BCUT2D eigenvalue weighted by atomic mass is 10.1. The van der Waals surface area contributed by atoms with Gasteiger partial charge in [-0.3, -0.25) is 14.9 Å². The highest BCUT2D eigenvalue weighted by Crippen LogP contribution is 2.30. The van der Waals surface area contributed by atoms with Crippen molar-refractivity contribution in [2.24, 2.45) is 0 Å². The highest BCUT2D eigenvalue weighted by Gasteiger charge is 2.40. The Labute approximate surface area is 113 Å². The normalized spacial score (nSPS) is 17.1. The summed E-state index contributed by atoms with van der Waals surface area (Å²) in [4.78, 5) is 34.9. The second kappa shape index (κ2) is 4.59. The summed E-state index contributed by atoms with van der Waals surface area (Å²) < 4.78 is 0. The van der Waals surface area contributed by atoms with Crippen molar-refractivity contribution >= 4 is 41.0 Å². The summed E-state index contributed by atoms with van der Waals surface area (Å²) in [7, 11) is 0. The maximum absolute atomic E-state index is 11.5. The molecule has 1 aromatic carbocycles. The van der Waals surface area contributed by atoms with Crippen molar-refractivity contribution in [2.75, 3.05) is 0 Å². The van der Waals surface area contributed by atoms with E-state index < -0.39 is 23.9 Å². The fourth-order valence-corrected chi connectivity index (χ4v) is 2.31. The van der Waals surface area contributed by atoms with E-state index in [0.29, 0.717) is 15.6 Å². The van der Waals surface area contributed by atoms with Crippen molar-refractivity contribution in [3.8, 4) is 0 Å². The third kappa shape index (κ3) is 2.07. The Kier molecular flexibility index (Phi) is 3.28. The summed E-state index contributed by atoms with van der Waals surface area (Å²) in [6.45, 7) is 1.60. The fourth-order valence-electron chi connectivity index (χ4n) is 1.74. The largest absolute Gasteiger partial charge is 0.332 e. The Morgan fingerprint density at radius 1 is 1.22 bits per heavy atom. The van der Waals surface area contributed by atoms with Gasteiger partial charge in [0.05, 0.1) is 6.04 Å². The van der Waals surface area contributed by atoms with Crippen LogP contribution in [0.1, 0.15) is 18.5 Å². The van der Waals surface area contributed by atoms with Gasteiger partial charge in [0.25, 0.3) is 0 Å². The third-order valence-corrected chi connectivity index (χ3v) is 3.21. The number of carbonyl (C=O) groups excluding carboxylic acids is 3. The first kappa shape index (κ1) is 12.9. The molecule has 1 unspecified atom stereocenters. The molecule has 1 atom stereocenters. The third-order valence-electron chi connectivity index (χ3n) is 2.65. The van der Waals surface area contributed by atoms with Gasteiger partial charge >= 0.3 is 17.8 Å². The number of nitrogens with one attached hydrogen (secondary N) is 1. The first-order valence-electron chi connectivity index (χ1n) is 5.05. The number of nitrogens with zero attached hydrogens (tertiary/aromatic N) is 1. The van der Waals surface area contributed by atoms with Gasteiger partial charge in [-0.1, -0.05) is 29.3 Å². The number of rotatable bonds is 2. The van der Waals surface area contributed by atoms with Gasteiger partial charge in [0.15, 0.2) is 0 Å². The number of urea groups is 1. The van der Waals surface area contributed by atoms with E-state index in [1.54, 1.807) is 19.1 Å². The van der Waals surface area contributed by atoms with E-state index in [0.717, 1.165) is 4.90 Å². The van der Waals surface area contributed by atoms with Crippen molar-refractivity contribution in [1.29, 1.82) is 0 Å². The summed E-state index contributed by atoms with van der Waals surface area (Å²) in [5, 5.41) is 2.70. The van der Waals surface area contributed by atoms with E-state index in [1.165, 1.54) is 6.07 Å². The lowest BCUT2D eigenvalue weighted by molar-refractivity contribution is -0.141. The molecule has 1 fully saturated rings. The fraction of sp³-hybridized carbons (Fsp3) is 0.182. The summed E-state index contributed by atoms with van der Waals surface area (Å²) in [6, 6.07) is 3.32. The molecule has 2 rings (SSSR count). The van der Waals surface area contributed by atoms with Crippen molar-refractivity contribution in [3.05, 3.63) is 33.8 Å². The lowest BCUT2D eigenvalue weighted by Crippen LogP contribution is -2.33. The number of imide groups is 2. The van der Waals surface area contributed by atoms with Crippen LogP contribution in [-0.4, -0.2) is 22.7 Å². The number of benzene rings is 1. The molecule has 0 spiro atoms.